The molecule has 2 atom stereocenters. The molecule has 3 nitrogen and oxygen atoms in total. The van der Waals surface area contributed by atoms with Gasteiger partial charge in [0.15, 0.2) is 0 Å². The smallest absolute Gasteiger partial charge is 0.222 e. The summed E-state index contributed by atoms with van der Waals surface area (Å²) in [7, 11) is 0. The van der Waals surface area contributed by atoms with Gasteiger partial charge in [-0.3, -0.25) is 4.79 Å². The van der Waals surface area contributed by atoms with Gasteiger partial charge in [-0.05, 0) is 38.6 Å². The number of hydrogen-bond acceptors (Lipinski definition) is 2. The highest BCUT2D eigenvalue weighted by Gasteiger charge is 2.25. The van der Waals surface area contributed by atoms with Gasteiger partial charge in [0, 0.05) is 25.6 Å². The van der Waals surface area contributed by atoms with Crippen LogP contribution in [0.4, 0.5) is 0 Å². The van der Waals surface area contributed by atoms with Crippen molar-refractivity contribution in [1.82, 2.24) is 10.2 Å². The zero-order valence-corrected chi connectivity index (χ0v) is 11.0. The highest BCUT2D eigenvalue weighted by molar-refractivity contribution is 5.78. The maximum absolute atomic E-state index is 11.5. The number of carbonyl (C=O) groups is 1. The number of amides is 1. The molecule has 1 heterocycles. The summed E-state index contributed by atoms with van der Waals surface area (Å²) in [5, 5.41) is 3.47. The molecule has 94 valence electrons. The van der Waals surface area contributed by atoms with Crippen molar-refractivity contribution >= 4 is 5.91 Å². The Hall–Kier alpha value is -0.570. The molecule has 0 saturated carbocycles. The van der Waals surface area contributed by atoms with Gasteiger partial charge in [0.25, 0.3) is 0 Å². The molecule has 1 N–H and O–H groups in total. The van der Waals surface area contributed by atoms with E-state index in [1.165, 1.54) is 6.42 Å². The highest BCUT2D eigenvalue weighted by atomic mass is 16.2. The van der Waals surface area contributed by atoms with E-state index >= 15 is 0 Å². The number of hydrogen-bond donors (Lipinski definition) is 1. The molecule has 16 heavy (non-hydrogen) atoms. The summed E-state index contributed by atoms with van der Waals surface area (Å²) in [5.74, 6) is 0.907. The van der Waals surface area contributed by atoms with E-state index in [9.17, 15) is 4.79 Å². The Kier molecular flexibility index (Phi) is 5.81. The summed E-state index contributed by atoms with van der Waals surface area (Å²) in [6.07, 6.45) is 4.23. The first-order valence-electron chi connectivity index (χ1n) is 6.64. The van der Waals surface area contributed by atoms with Crippen LogP contribution in [-0.2, 0) is 4.79 Å². The first-order valence-corrected chi connectivity index (χ1v) is 6.64. The summed E-state index contributed by atoms with van der Waals surface area (Å²) < 4.78 is 0. The normalized spacial score (nSPS) is 22.8. The Balaban J connectivity index is 2.08. The molecule has 3 heteroatoms. The van der Waals surface area contributed by atoms with Crippen molar-refractivity contribution in [3.8, 4) is 0 Å². The van der Waals surface area contributed by atoms with Crippen molar-refractivity contribution in [3.63, 3.8) is 0 Å². The second-order valence-corrected chi connectivity index (χ2v) is 5.15. The molecule has 0 radical (unpaired) electrons. The zero-order chi connectivity index (χ0) is 12.0. The number of rotatable bonds is 7. The van der Waals surface area contributed by atoms with E-state index in [-0.39, 0.29) is 0 Å². The number of likely N-dealkylation sites (tertiary alicyclic amines) is 1. The zero-order valence-electron chi connectivity index (χ0n) is 11.0. The van der Waals surface area contributed by atoms with Gasteiger partial charge < -0.3 is 10.2 Å². The van der Waals surface area contributed by atoms with Crippen molar-refractivity contribution in [2.75, 3.05) is 19.6 Å². The van der Waals surface area contributed by atoms with Crippen LogP contribution in [0.25, 0.3) is 0 Å². The first kappa shape index (κ1) is 13.5. The molecule has 1 fully saturated rings. The molecular weight excluding hydrogens is 200 g/mol. The molecule has 0 spiro atoms. The van der Waals surface area contributed by atoms with E-state index in [0.29, 0.717) is 17.9 Å². The van der Waals surface area contributed by atoms with Gasteiger partial charge in [-0.25, -0.2) is 0 Å². The Labute approximate surface area is 99.6 Å². The molecule has 0 aromatic heterocycles. The van der Waals surface area contributed by atoms with E-state index in [4.69, 9.17) is 0 Å². The standard InChI is InChI=1S/C13H26N2O/c1-4-7-14-12(3)6-5-8-15-10-11(2)9-13(15)16/h11-12,14H,4-10H2,1-3H3. The third-order valence-corrected chi connectivity index (χ3v) is 3.22. The number of nitrogens with zero attached hydrogens (tertiary/aromatic N) is 1. The van der Waals surface area contributed by atoms with Crippen LogP contribution in [0.3, 0.4) is 0 Å². The Morgan fingerprint density at radius 1 is 1.56 bits per heavy atom. The molecule has 1 rings (SSSR count). The number of nitrogens with one attached hydrogen (secondary N) is 1. The van der Waals surface area contributed by atoms with E-state index in [1.807, 2.05) is 4.90 Å². The van der Waals surface area contributed by atoms with Gasteiger partial charge in [-0.2, -0.15) is 0 Å². The maximum Gasteiger partial charge on any atom is 0.222 e. The average molecular weight is 226 g/mol. The minimum Gasteiger partial charge on any atom is -0.342 e. The lowest BCUT2D eigenvalue weighted by molar-refractivity contribution is -0.127. The van der Waals surface area contributed by atoms with E-state index in [0.717, 1.165) is 38.9 Å². The van der Waals surface area contributed by atoms with Crippen molar-refractivity contribution in [3.05, 3.63) is 0 Å². The molecule has 0 aromatic carbocycles. The van der Waals surface area contributed by atoms with Gasteiger partial charge in [0.1, 0.15) is 0 Å². The summed E-state index contributed by atoms with van der Waals surface area (Å²) in [4.78, 5) is 13.6. The Morgan fingerprint density at radius 2 is 2.31 bits per heavy atom. The van der Waals surface area contributed by atoms with Gasteiger partial charge >= 0.3 is 0 Å². The molecule has 2 unspecified atom stereocenters. The maximum atomic E-state index is 11.5. The Morgan fingerprint density at radius 3 is 2.88 bits per heavy atom. The topological polar surface area (TPSA) is 32.3 Å². The second kappa shape index (κ2) is 6.89. The third kappa shape index (κ3) is 4.52. The van der Waals surface area contributed by atoms with E-state index in [2.05, 4.69) is 26.1 Å². The molecular formula is C13H26N2O. The van der Waals surface area contributed by atoms with E-state index in [1.54, 1.807) is 0 Å². The summed E-state index contributed by atoms with van der Waals surface area (Å²) in [6.45, 7) is 9.58. The predicted octanol–water partition coefficient (Wildman–Crippen LogP) is 2.02. The number of carbonyl (C=O) groups excluding carboxylic acids is 1. The molecule has 1 amide bonds. The van der Waals surface area contributed by atoms with Gasteiger partial charge in [0.05, 0.1) is 0 Å². The fourth-order valence-corrected chi connectivity index (χ4v) is 2.27. The van der Waals surface area contributed by atoms with Gasteiger partial charge in [-0.1, -0.05) is 13.8 Å². The molecule has 0 aliphatic carbocycles. The van der Waals surface area contributed by atoms with Crippen LogP contribution in [-0.4, -0.2) is 36.5 Å². The SMILES string of the molecule is CCCNC(C)CCCN1CC(C)CC1=O. The van der Waals surface area contributed by atoms with Crippen LogP contribution in [0.2, 0.25) is 0 Å². The lowest BCUT2D eigenvalue weighted by Gasteiger charge is -2.18. The van der Waals surface area contributed by atoms with Crippen molar-refractivity contribution in [2.45, 2.75) is 52.5 Å². The van der Waals surface area contributed by atoms with Crippen molar-refractivity contribution < 1.29 is 4.79 Å². The van der Waals surface area contributed by atoms with Crippen LogP contribution in [0.5, 0.6) is 0 Å². The quantitative estimate of drug-likeness (QED) is 0.720. The summed E-state index contributed by atoms with van der Waals surface area (Å²) in [6, 6.07) is 0.579. The second-order valence-electron chi connectivity index (χ2n) is 5.15. The predicted molar refractivity (Wildman–Crippen MR) is 67.4 cm³/mol. The van der Waals surface area contributed by atoms with Crippen LogP contribution >= 0.6 is 0 Å². The Bertz CT molecular complexity index is 218. The molecule has 1 saturated heterocycles. The average Bonchev–Trinajstić information content (AvgIpc) is 2.55. The summed E-state index contributed by atoms with van der Waals surface area (Å²) >= 11 is 0. The third-order valence-electron chi connectivity index (χ3n) is 3.22. The van der Waals surface area contributed by atoms with Crippen LogP contribution in [0, 0.1) is 5.92 Å². The molecule has 0 bridgehead atoms. The fraction of sp³-hybridized carbons (Fsp3) is 0.923. The minimum atomic E-state index is 0.349. The van der Waals surface area contributed by atoms with Gasteiger partial charge in [-0.15, -0.1) is 0 Å². The summed E-state index contributed by atoms with van der Waals surface area (Å²) in [5.41, 5.74) is 0. The lowest BCUT2D eigenvalue weighted by Crippen LogP contribution is -2.30. The lowest BCUT2D eigenvalue weighted by atomic mass is 10.1. The van der Waals surface area contributed by atoms with E-state index < -0.39 is 0 Å². The van der Waals surface area contributed by atoms with Gasteiger partial charge in [0.2, 0.25) is 5.91 Å². The molecule has 1 aliphatic rings. The largest absolute Gasteiger partial charge is 0.342 e. The first-order chi connectivity index (χ1) is 7.63. The molecule has 0 aromatic rings. The monoisotopic (exact) mass is 226 g/mol. The minimum absolute atomic E-state index is 0.349. The fourth-order valence-electron chi connectivity index (χ4n) is 2.27. The van der Waals surface area contributed by atoms with Crippen LogP contribution in [0.15, 0.2) is 0 Å². The molecule has 1 aliphatic heterocycles. The van der Waals surface area contributed by atoms with Crippen molar-refractivity contribution in [1.29, 1.82) is 0 Å². The van der Waals surface area contributed by atoms with Crippen LogP contribution < -0.4 is 5.32 Å². The van der Waals surface area contributed by atoms with Crippen LogP contribution in [0.1, 0.15) is 46.5 Å². The van der Waals surface area contributed by atoms with Crippen molar-refractivity contribution in [2.24, 2.45) is 5.92 Å². The highest BCUT2D eigenvalue weighted by Crippen LogP contribution is 2.17.